The fraction of sp³-hybridized carbons (Fsp3) is 0.857. The molecule has 122 valence electrons. The number of rotatable bonds is 6. The molecule has 0 aromatic heterocycles. The van der Waals surface area contributed by atoms with Gasteiger partial charge in [0, 0.05) is 5.25 Å². The van der Waals surface area contributed by atoms with E-state index < -0.39 is 23.7 Å². The van der Waals surface area contributed by atoms with Crippen molar-refractivity contribution in [3.63, 3.8) is 0 Å². The van der Waals surface area contributed by atoms with Gasteiger partial charge in [0.2, 0.25) is 0 Å². The molecule has 0 saturated heterocycles. The molecule has 0 spiro atoms. The second-order valence-corrected chi connectivity index (χ2v) is 7.58. The predicted molar refractivity (Wildman–Crippen MR) is 81.5 cm³/mol. The molecule has 1 aliphatic carbocycles. The van der Waals surface area contributed by atoms with Crippen LogP contribution < -0.4 is 5.32 Å². The summed E-state index contributed by atoms with van der Waals surface area (Å²) < 4.78 is 5.06. The molecular formula is C14H25NO5S. The quantitative estimate of drug-likeness (QED) is 0.693. The number of alkyl carbamates (subject to hydrolysis) is 1. The Morgan fingerprint density at radius 3 is 2.52 bits per heavy atom. The molecular weight excluding hydrogens is 294 g/mol. The highest BCUT2D eigenvalue weighted by Crippen LogP contribution is 2.30. The van der Waals surface area contributed by atoms with Crippen LogP contribution >= 0.6 is 11.8 Å². The fourth-order valence-corrected chi connectivity index (χ4v) is 3.51. The standard InChI is InChI=1S/C14H25NO5S/c1-14(2,3)20-13(19)15-9(12(17)18)7-8-21-11-6-4-5-10(11)16/h9-11,16H,4-8H2,1-3H3,(H,15,19)(H,17,18). The van der Waals surface area contributed by atoms with E-state index in [1.807, 2.05) is 0 Å². The van der Waals surface area contributed by atoms with E-state index in [0.29, 0.717) is 12.2 Å². The van der Waals surface area contributed by atoms with Gasteiger partial charge in [0.25, 0.3) is 0 Å². The Morgan fingerprint density at radius 1 is 1.38 bits per heavy atom. The first-order valence-corrected chi connectivity index (χ1v) is 8.26. The number of carboxylic acids is 1. The van der Waals surface area contributed by atoms with Crippen molar-refractivity contribution in [3.8, 4) is 0 Å². The maximum Gasteiger partial charge on any atom is 0.408 e. The molecule has 0 bridgehead atoms. The van der Waals surface area contributed by atoms with E-state index in [2.05, 4.69) is 5.32 Å². The minimum absolute atomic E-state index is 0.181. The van der Waals surface area contributed by atoms with Gasteiger partial charge in [-0.1, -0.05) is 0 Å². The van der Waals surface area contributed by atoms with Gasteiger partial charge in [-0.2, -0.15) is 11.8 Å². The zero-order valence-electron chi connectivity index (χ0n) is 12.8. The van der Waals surface area contributed by atoms with E-state index in [9.17, 15) is 14.7 Å². The Balaban J connectivity index is 2.36. The van der Waals surface area contributed by atoms with Crippen LogP contribution in [0.2, 0.25) is 0 Å². The zero-order chi connectivity index (χ0) is 16.0. The summed E-state index contributed by atoms with van der Waals surface area (Å²) in [4.78, 5) is 22.8. The third-order valence-electron chi connectivity index (χ3n) is 3.15. The minimum Gasteiger partial charge on any atom is -0.480 e. The maximum absolute atomic E-state index is 11.6. The molecule has 1 aliphatic rings. The summed E-state index contributed by atoms with van der Waals surface area (Å²) >= 11 is 1.57. The van der Waals surface area contributed by atoms with Gasteiger partial charge in [-0.05, 0) is 52.2 Å². The molecule has 1 rings (SSSR count). The predicted octanol–water partition coefficient (Wildman–Crippen LogP) is 2.00. The molecule has 0 aromatic rings. The smallest absolute Gasteiger partial charge is 0.408 e. The Kier molecular flexibility index (Phi) is 6.80. The van der Waals surface area contributed by atoms with Crippen LogP contribution in [0.4, 0.5) is 4.79 Å². The van der Waals surface area contributed by atoms with Crippen LogP contribution in [-0.2, 0) is 9.53 Å². The van der Waals surface area contributed by atoms with Gasteiger partial charge in [-0.3, -0.25) is 0 Å². The third-order valence-corrected chi connectivity index (χ3v) is 4.59. The fourth-order valence-electron chi connectivity index (χ4n) is 2.15. The lowest BCUT2D eigenvalue weighted by Gasteiger charge is -2.22. The first-order valence-electron chi connectivity index (χ1n) is 7.21. The highest BCUT2D eigenvalue weighted by atomic mass is 32.2. The first-order chi connectivity index (χ1) is 9.69. The molecule has 0 aromatic carbocycles. The first kappa shape index (κ1) is 18.1. The largest absolute Gasteiger partial charge is 0.480 e. The van der Waals surface area contributed by atoms with Crippen molar-refractivity contribution in [3.05, 3.63) is 0 Å². The number of hydrogen-bond donors (Lipinski definition) is 3. The van der Waals surface area contributed by atoms with E-state index >= 15 is 0 Å². The Hall–Kier alpha value is -0.950. The van der Waals surface area contributed by atoms with Gasteiger partial charge in [0.05, 0.1) is 6.10 Å². The van der Waals surface area contributed by atoms with Crippen molar-refractivity contribution < 1.29 is 24.5 Å². The van der Waals surface area contributed by atoms with Gasteiger partial charge in [0.15, 0.2) is 0 Å². The number of carbonyl (C=O) groups excluding carboxylic acids is 1. The Morgan fingerprint density at radius 2 is 2.05 bits per heavy atom. The van der Waals surface area contributed by atoms with Crippen molar-refractivity contribution in [2.24, 2.45) is 0 Å². The summed E-state index contributed by atoms with van der Waals surface area (Å²) in [5.74, 6) is -0.498. The molecule has 3 atom stereocenters. The summed E-state index contributed by atoms with van der Waals surface area (Å²) in [6.45, 7) is 5.17. The van der Waals surface area contributed by atoms with Gasteiger partial charge < -0.3 is 20.3 Å². The third kappa shape index (κ3) is 7.04. The number of nitrogens with one attached hydrogen (secondary N) is 1. The molecule has 1 amide bonds. The summed E-state index contributed by atoms with van der Waals surface area (Å²) in [6, 6.07) is -0.967. The van der Waals surface area contributed by atoms with Crippen LogP contribution in [-0.4, -0.2) is 51.0 Å². The normalized spacial score (nSPS) is 23.6. The summed E-state index contributed by atoms with van der Waals surface area (Å²) in [5.41, 5.74) is -0.657. The molecule has 3 unspecified atom stereocenters. The highest BCUT2D eigenvalue weighted by Gasteiger charge is 2.27. The number of thioether (sulfide) groups is 1. The van der Waals surface area contributed by atoms with Gasteiger partial charge in [0.1, 0.15) is 11.6 Å². The summed E-state index contributed by atoms with van der Waals surface area (Å²) in [6.07, 6.45) is 2.08. The summed E-state index contributed by atoms with van der Waals surface area (Å²) in [7, 11) is 0. The molecule has 7 heteroatoms. The lowest BCUT2D eigenvalue weighted by molar-refractivity contribution is -0.139. The monoisotopic (exact) mass is 319 g/mol. The maximum atomic E-state index is 11.6. The molecule has 0 heterocycles. The summed E-state index contributed by atoms with van der Waals surface area (Å²) in [5, 5.41) is 21.4. The van der Waals surface area contributed by atoms with Crippen molar-refractivity contribution in [1.29, 1.82) is 0 Å². The number of aliphatic hydroxyl groups is 1. The van der Waals surface area contributed by atoms with Gasteiger partial charge >= 0.3 is 12.1 Å². The van der Waals surface area contributed by atoms with Crippen LogP contribution in [0.15, 0.2) is 0 Å². The number of carbonyl (C=O) groups is 2. The zero-order valence-corrected chi connectivity index (χ0v) is 13.6. The van der Waals surface area contributed by atoms with Crippen LogP contribution in [0.5, 0.6) is 0 Å². The number of hydrogen-bond acceptors (Lipinski definition) is 5. The SMILES string of the molecule is CC(C)(C)OC(=O)NC(CCSC1CCCC1O)C(=O)O. The van der Waals surface area contributed by atoms with Crippen LogP contribution in [0, 0.1) is 0 Å². The molecule has 1 fully saturated rings. The molecule has 6 nitrogen and oxygen atoms in total. The average Bonchev–Trinajstić information content (AvgIpc) is 2.71. The molecule has 0 radical (unpaired) electrons. The second kappa shape index (κ2) is 7.89. The lowest BCUT2D eigenvalue weighted by atomic mass is 10.2. The lowest BCUT2D eigenvalue weighted by Crippen LogP contribution is -2.43. The van der Waals surface area contributed by atoms with E-state index in [1.54, 1.807) is 32.5 Å². The van der Waals surface area contributed by atoms with Gasteiger partial charge in [-0.15, -0.1) is 0 Å². The highest BCUT2D eigenvalue weighted by molar-refractivity contribution is 7.99. The second-order valence-electron chi connectivity index (χ2n) is 6.23. The number of aliphatic hydroxyl groups excluding tert-OH is 1. The van der Waals surface area contributed by atoms with E-state index in [1.165, 1.54) is 0 Å². The number of ether oxygens (including phenoxy) is 1. The molecule has 1 saturated carbocycles. The van der Waals surface area contributed by atoms with E-state index in [0.717, 1.165) is 19.3 Å². The number of aliphatic carboxylic acids is 1. The van der Waals surface area contributed by atoms with E-state index in [4.69, 9.17) is 9.84 Å². The van der Waals surface area contributed by atoms with Crippen LogP contribution in [0.3, 0.4) is 0 Å². The number of amides is 1. The topological polar surface area (TPSA) is 95.9 Å². The Bertz CT molecular complexity index is 369. The number of carboxylic acid groups (broad SMARTS) is 1. The van der Waals surface area contributed by atoms with Crippen molar-refractivity contribution >= 4 is 23.8 Å². The van der Waals surface area contributed by atoms with Crippen LogP contribution in [0.25, 0.3) is 0 Å². The molecule has 0 aliphatic heterocycles. The Labute approximate surface area is 129 Å². The van der Waals surface area contributed by atoms with E-state index in [-0.39, 0.29) is 11.4 Å². The average molecular weight is 319 g/mol. The van der Waals surface area contributed by atoms with Crippen molar-refractivity contribution in [2.75, 3.05) is 5.75 Å². The molecule has 21 heavy (non-hydrogen) atoms. The van der Waals surface area contributed by atoms with Crippen molar-refractivity contribution in [2.45, 2.75) is 69.5 Å². The van der Waals surface area contributed by atoms with Crippen molar-refractivity contribution in [1.82, 2.24) is 5.32 Å². The minimum atomic E-state index is -1.08. The van der Waals surface area contributed by atoms with Gasteiger partial charge in [-0.25, -0.2) is 9.59 Å². The molecule has 3 N–H and O–H groups in total. The van der Waals surface area contributed by atoms with Crippen LogP contribution in [0.1, 0.15) is 46.5 Å².